The summed E-state index contributed by atoms with van der Waals surface area (Å²) in [6.45, 7) is 4.42. The van der Waals surface area contributed by atoms with Crippen LogP contribution in [0.3, 0.4) is 0 Å². The van der Waals surface area contributed by atoms with Crippen molar-refractivity contribution < 1.29 is 9.18 Å². The van der Waals surface area contributed by atoms with Crippen molar-refractivity contribution in [1.29, 1.82) is 5.26 Å². The third-order valence-electron chi connectivity index (χ3n) is 5.59. The molecule has 1 fully saturated rings. The quantitative estimate of drug-likeness (QED) is 0.771. The average molecular weight is 428 g/mol. The zero-order chi connectivity index (χ0) is 21.4. The van der Waals surface area contributed by atoms with Gasteiger partial charge in [0.2, 0.25) is 0 Å². The second-order valence-corrected chi connectivity index (χ2v) is 9.78. The molecular weight excluding hydrogens is 401 g/mol. The number of carbonyl (C=O) groups excluding carboxylic acids is 1. The first-order chi connectivity index (χ1) is 14.4. The Kier molecular flexibility index (Phi) is 5.76. The summed E-state index contributed by atoms with van der Waals surface area (Å²) >= 11 is 0. The van der Waals surface area contributed by atoms with Crippen LogP contribution in [0, 0.1) is 23.1 Å². The van der Waals surface area contributed by atoms with E-state index >= 15 is 0 Å². The van der Waals surface area contributed by atoms with Crippen molar-refractivity contribution in [3.8, 4) is 6.07 Å². The van der Waals surface area contributed by atoms with Crippen LogP contribution in [-0.4, -0.2) is 22.6 Å². The molecule has 0 radical (unpaired) electrons. The number of carbonyl (C=O) groups is 1. The van der Waals surface area contributed by atoms with Gasteiger partial charge in [-0.1, -0.05) is 13.8 Å². The van der Waals surface area contributed by atoms with Gasteiger partial charge < -0.3 is 9.88 Å². The number of nitrogens with one attached hydrogen (secondary N) is 2. The Hall–Kier alpha value is -2.50. The minimum absolute atomic E-state index is 0.0905. The normalized spacial score (nSPS) is 21.2. The highest BCUT2D eigenvalue weighted by molar-refractivity contribution is 7.85. The number of halogens is 1. The summed E-state index contributed by atoms with van der Waals surface area (Å²) < 4.78 is 24.2. The van der Waals surface area contributed by atoms with Crippen molar-refractivity contribution in [1.82, 2.24) is 9.29 Å². The summed E-state index contributed by atoms with van der Waals surface area (Å²) in [6, 6.07) is 6.60. The molecule has 2 N–H and O–H groups in total. The van der Waals surface area contributed by atoms with Crippen molar-refractivity contribution >= 4 is 22.5 Å². The van der Waals surface area contributed by atoms with Gasteiger partial charge >= 0.3 is 0 Å². The van der Waals surface area contributed by atoms with E-state index in [1.54, 1.807) is 0 Å². The van der Waals surface area contributed by atoms with E-state index in [-0.39, 0.29) is 11.5 Å². The molecule has 1 aliphatic heterocycles. The number of aromatic nitrogens is 1. The number of rotatable bonds is 4. The molecule has 2 unspecified atom stereocenters. The summed E-state index contributed by atoms with van der Waals surface area (Å²) in [5, 5.41) is 11.9. The van der Waals surface area contributed by atoms with Gasteiger partial charge in [-0.15, -0.1) is 0 Å². The number of hydrogen-bond acceptors (Lipinski definition) is 3. The molecule has 0 spiro atoms. The molecule has 2 aliphatic rings. The Morgan fingerprint density at radius 1 is 1.40 bits per heavy atom. The van der Waals surface area contributed by atoms with Crippen molar-refractivity contribution in [2.75, 3.05) is 5.32 Å². The number of amides is 1. The lowest BCUT2D eigenvalue weighted by atomic mass is 9.97. The summed E-state index contributed by atoms with van der Waals surface area (Å²) in [7, 11) is 1.43. The maximum atomic E-state index is 13.6. The molecule has 1 amide bonds. The summed E-state index contributed by atoms with van der Waals surface area (Å²) in [6.07, 6.45) is 6.02. The molecule has 8 heteroatoms. The second-order valence-electron chi connectivity index (χ2n) is 8.32. The van der Waals surface area contributed by atoms with E-state index in [2.05, 4.69) is 23.9 Å². The Balaban J connectivity index is 1.68. The van der Waals surface area contributed by atoms with Crippen LogP contribution in [0.2, 0.25) is 0 Å². The molecule has 1 saturated carbocycles. The maximum Gasteiger partial charge on any atom is 0.272 e. The Morgan fingerprint density at radius 2 is 2.17 bits per heavy atom. The fourth-order valence-corrected chi connectivity index (χ4v) is 5.86. The first-order valence-electron chi connectivity index (χ1n) is 10.3. The topological polar surface area (TPSA) is 82.2 Å². The molecular formula is C22H26FN5OS. The van der Waals surface area contributed by atoms with Gasteiger partial charge in [0.1, 0.15) is 17.6 Å². The minimum atomic E-state index is -0.597. The predicted octanol–water partition coefficient (Wildman–Crippen LogP) is 4.09. The standard InChI is InChI=1S/C22H26FN5OS/c1-13(2)19-9-7-17-20(30(27-19)26-15-4-5-15)12-28(3)21(17)22(29)25-16-6-8-18(23)14(10-16)11-24/h6,8,10,12-13,15,19H,4-5,7,9H2,1-3H3,(H,25,29)(H,26,27). The van der Waals surface area contributed by atoms with E-state index in [1.807, 2.05) is 23.9 Å². The van der Waals surface area contributed by atoms with Crippen LogP contribution in [0.4, 0.5) is 10.1 Å². The van der Waals surface area contributed by atoms with E-state index in [0.717, 1.165) is 36.1 Å². The van der Waals surface area contributed by atoms with E-state index in [9.17, 15) is 9.18 Å². The first-order valence-corrected chi connectivity index (χ1v) is 11.5. The van der Waals surface area contributed by atoms with E-state index < -0.39 is 16.7 Å². The van der Waals surface area contributed by atoms with Crippen LogP contribution in [0.1, 0.15) is 54.7 Å². The monoisotopic (exact) mass is 427 g/mol. The van der Waals surface area contributed by atoms with E-state index in [4.69, 9.17) is 9.62 Å². The molecule has 1 aromatic carbocycles. The van der Waals surface area contributed by atoms with E-state index in [0.29, 0.717) is 29.4 Å². The number of fused-ring (bicyclic) bond motifs is 1. The Bertz CT molecular complexity index is 1060. The zero-order valence-electron chi connectivity index (χ0n) is 17.4. The molecule has 6 nitrogen and oxygen atoms in total. The minimum Gasteiger partial charge on any atom is -0.345 e. The molecule has 1 aromatic heterocycles. The van der Waals surface area contributed by atoms with Crippen LogP contribution in [0.5, 0.6) is 0 Å². The Morgan fingerprint density at radius 3 is 2.83 bits per heavy atom. The molecule has 158 valence electrons. The number of anilines is 1. The van der Waals surface area contributed by atoms with Crippen LogP contribution < -0.4 is 10.0 Å². The Labute approximate surface area is 178 Å². The molecule has 30 heavy (non-hydrogen) atoms. The van der Waals surface area contributed by atoms with Gasteiger partial charge in [-0.2, -0.15) is 5.26 Å². The summed E-state index contributed by atoms with van der Waals surface area (Å²) in [5.41, 5.74) is 1.94. The smallest absolute Gasteiger partial charge is 0.272 e. The molecule has 2 atom stereocenters. The van der Waals surface area contributed by atoms with Crippen molar-refractivity contribution in [3.63, 3.8) is 0 Å². The second kappa shape index (κ2) is 8.32. The lowest BCUT2D eigenvalue weighted by Gasteiger charge is -2.21. The molecule has 2 heterocycles. The van der Waals surface area contributed by atoms with Crippen LogP contribution in [0.25, 0.3) is 0 Å². The lowest BCUT2D eigenvalue weighted by molar-refractivity contribution is 0.101. The fraction of sp³-hybridized carbons (Fsp3) is 0.455. The number of aryl methyl sites for hydroxylation is 1. The van der Waals surface area contributed by atoms with Gasteiger partial charge in [-0.05, 0) is 55.4 Å². The highest BCUT2D eigenvalue weighted by Gasteiger charge is 2.30. The van der Waals surface area contributed by atoms with Crippen molar-refractivity contribution in [2.45, 2.75) is 56.5 Å². The number of nitriles is 1. The lowest BCUT2D eigenvalue weighted by Crippen LogP contribution is -2.34. The van der Waals surface area contributed by atoms with Gasteiger partial charge in [0, 0.05) is 35.9 Å². The summed E-state index contributed by atoms with van der Waals surface area (Å²) in [4.78, 5) is 14.3. The van der Waals surface area contributed by atoms with Gasteiger partial charge in [-0.3, -0.25) is 4.79 Å². The largest absolute Gasteiger partial charge is 0.345 e. The maximum absolute atomic E-state index is 13.6. The van der Waals surface area contributed by atoms with Gasteiger partial charge in [0.25, 0.3) is 5.91 Å². The zero-order valence-corrected chi connectivity index (χ0v) is 18.2. The van der Waals surface area contributed by atoms with Gasteiger partial charge in [0.05, 0.1) is 16.5 Å². The molecule has 0 saturated heterocycles. The SMILES string of the molecule is CC(C)C1CCc2c(cn(C)c2C(=O)Nc2ccc(F)c(C#N)c2)S(=NC2CC2)N1. The molecule has 1 aliphatic carbocycles. The van der Waals surface area contributed by atoms with Crippen molar-refractivity contribution in [2.24, 2.45) is 17.3 Å². The van der Waals surface area contributed by atoms with Gasteiger partial charge in [-0.25, -0.2) is 13.5 Å². The molecule has 2 aromatic rings. The first kappa shape index (κ1) is 20.8. The third kappa shape index (κ3) is 4.18. The van der Waals surface area contributed by atoms with Crippen LogP contribution in [0.15, 0.2) is 33.7 Å². The molecule has 4 rings (SSSR count). The van der Waals surface area contributed by atoms with Crippen LogP contribution in [-0.2, 0) is 24.3 Å². The van der Waals surface area contributed by atoms with E-state index in [1.165, 1.54) is 18.2 Å². The van der Waals surface area contributed by atoms with Crippen LogP contribution >= 0.6 is 0 Å². The number of benzene rings is 1. The fourth-order valence-electron chi connectivity index (χ4n) is 3.68. The van der Waals surface area contributed by atoms with Crippen molar-refractivity contribution in [3.05, 3.63) is 47.0 Å². The summed E-state index contributed by atoms with van der Waals surface area (Å²) in [5.74, 6) is -0.375. The predicted molar refractivity (Wildman–Crippen MR) is 116 cm³/mol. The average Bonchev–Trinajstić information content (AvgIpc) is 3.48. The number of hydrogen-bond donors (Lipinski definition) is 2. The highest BCUT2D eigenvalue weighted by Crippen LogP contribution is 2.32. The highest BCUT2D eigenvalue weighted by atomic mass is 32.2. The number of nitrogens with zero attached hydrogens (tertiary/aromatic N) is 3. The van der Waals surface area contributed by atoms with Gasteiger partial charge in [0.15, 0.2) is 0 Å². The third-order valence-corrected chi connectivity index (χ3v) is 7.39. The molecule has 0 bridgehead atoms.